The molecule has 2 aliphatic rings. The molecule has 1 aliphatic heterocycles. The summed E-state index contributed by atoms with van der Waals surface area (Å²) in [6.45, 7) is 5.08. The molecule has 1 N–H and O–H groups in total. The van der Waals surface area contributed by atoms with Gasteiger partial charge in [-0.25, -0.2) is 0 Å². The number of carbonyl (C=O) groups excluding carboxylic acids is 1. The molecule has 0 aromatic rings. The Morgan fingerprint density at radius 3 is 2.65 bits per heavy atom. The molecule has 0 bridgehead atoms. The fourth-order valence-electron chi connectivity index (χ4n) is 3.43. The normalized spacial score (nSPS) is 33.6. The molecule has 2 rings (SSSR count). The topological polar surface area (TPSA) is 40.5 Å². The number of aliphatic hydroxyl groups excluding tert-OH is 1. The molecule has 0 aromatic carbocycles. The van der Waals surface area contributed by atoms with Crippen LogP contribution >= 0.6 is 0 Å². The van der Waals surface area contributed by atoms with Crippen LogP contribution < -0.4 is 0 Å². The number of amides is 1. The highest BCUT2D eigenvalue weighted by atomic mass is 16.3. The van der Waals surface area contributed by atoms with Crippen molar-refractivity contribution < 1.29 is 9.90 Å². The second-order valence-corrected chi connectivity index (χ2v) is 6.06. The molecule has 0 aromatic heterocycles. The highest BCUT2D eigenvalue weighted by molar-refractivity contribution is 5.77. The largest absolute Gasteiger partial charge is 0.393 e. The van der Waals surface area contributed by atoms with Crippen molar-refractivity contribution in [1.82, 2.24) is 4.90 Å². The van der Waals surface area contributed by atoms with Crippen molar-refractivity contribution in [3.05, 3.63) is 0 Å². The van der Waals surface area contributed by atoms with Crippen LogP contribution in [0.1, 0.15) is 52.4 Å². The van der Waals surface area contributed by atoms with Gasteiger partial charge in [0.2, 0.25) is 5.91 Å². The van der Waals surface area contributed by atoms with Gasteiger partial charge in [-0.05, 0) is 31.6 Å². The zero-order chi connectivity index (χ0) is 12.4. The van der Waals surface area contributed by atoms with E-state index in [4.69, 9.17) is 0 Å². The van der Waals surface area contributed by atoms with Gasteiger partial charge in [0.05, 0.1) is 6.10 Å². The second kappa shape index (κ2) is 5.38. The first-order valence-electron chi connectivity index (χ1n) is 7.07. The maximum Gasteiger partial charge on any atom is 0.223 e. The number of likely N-dealkylation sites (tertiary alicyclic amines) is 1. The van der Waals surface area contributed by atoms with Crippen molar-refractivity contribution in [3.63, 3.8) is 0 Å². The summed E-state index contributed by atoms with van der Waals surface area (Å²) >= 11 is 0. The lowest BCUT2D eigenvalue weighted by atomic mass is 9.93. The third-order valence-corrected chi connectivity index (χ3v) is 4.23. The number of rotatable bonds is 3. The van der Waals surface area contributed by atoms with Gasteiger partial charge in [-0.2, -0.15) is 0 Å². The van der Waals surface area contributed by atoms with Crippen LogP contribution in [-0.4, -0.2) is 34.6 Å². The smallest absolute Gasteiger partial charge is 0.223 e. The summed E-state index contributed by atoms with van der Waals surface area (Å²) in [4.78, 5) is 14.2. The monoisotopic (exact) mass is 239 g/mol. The Morgan fingerprint density at radius 1 is 1.29 bits per heavy atom. The Hall–Kier alpha value is -0.570. The van der Waals surface area contributed by atoms with Gasteiger partial charge in [0.25, 0.3) is 0 Å². The van der Waals surface area contributed by atoms with E-state index in [-0.39, 0.29) is 6.10 Å². The molecule has 3 heteroatoms. The van der Waals surface area contributed by atoms with E-state index in [9.17, 15) is 9.90 Å². The molecular formula is C14H25NO2. The summed E-state index contributed by atoms with van der Waals surface area (Å²) in [6, 6.07) is 0.318. The summed E-state index contributed by atoms with van der Waals surface area (Å²) in [6.07, 6.45) is 5.81. The van der Waals surface area contributed by atoms with E-state index in [1.165, 1.54) is 0 Å². The summed E-state index contributed by atoms with van der Waals surface area (Å²) in [5, 5.41) is 9.99. The van der Waals surface area contributed by atoms with Crippen LogP contribution in [0.25, 0.3) is 0 Å². The first-order valence-corrected chi connectivity index (χ1v) is 7.07. The highest BCUT2D eigenvalue weighted by Gasteiger charge is 2.39. The zero-order valence-electron chi connectivity index (χ0n) is 11.1. The molecule has 1 heterocycles. The predicted octanol–water partition coefficient (Wildman–Crippen LogP) is 2.18. The Bertz CT molecular complexity index is 277. The molecule has 2 fully saturated rings. The van der Waals surface area contributed by atoms with Crippen LogP contribution in [0.4, 0.5) is 0 Å². The van der Waals surface area contributed by atoms with Crippen molar-refractivity contribution >= 4 is 5.91 Å². The third-order valence-electron chi connectivity index (χ3n) is 4.23. The number of hydrogen-bond donors (Lipinski definition) is 1. The first-order chi connectivity index (χ1) is 8.09. The van der Waals surface area contributed by atoms with Gasteiger partial charge in [0, 0.05) is 24.9 Å². The van der Waals surface area contributed by atoms with Gasteiger partial charge in [0.15, 0.2) is 0 Å². The Labute approximate surface area is 104 Å². The van der Waals surface area contributed by atoms with Crippen LogP contribution in [0.3, 0.4) is 0 Å². The van der Waals surface area contributed by atoms with E-state index < -0.39 is 0 Å². The average Bonchev–Trinajstić information content (AvgIpc) is 2.83. The number of carbonyl (C=O) groups is 1. The van der Waals surface area contributed by atoms with Crippen molar-refractivity contribution in [2.24, 2.45) is 11.8 Å². The molecule has 0 radical (unpaired) electrons. The lowest BCUT2D eigenvalue weighted by Gasteiger charge is -2.31. The number of nitrogens with zero attached hydrogens (tertiary/aromatic N) is 1. The Kier molecular flexibility index (Phi) is 4.08. The van der Waals surface area contributed by atoms with Gasteiger partial charge in [-0.3, -0.25) is 4.79 Å². The molecule has 1 saturated carbocycles. The number of hydrogen-bond acceptors (Lipinski definition) is 2. The summed E-state index contributed by atoms with van der Waals surface area (Å²) < 4.78 is 0. The predicted molar refractivity (Wildman–Crippen MR) is 67.5 cm³/mol. The molecule has 3 atom stereocenters. The van der Waals surface area contributed by atoms with Crippen molar-refractivity contribution in [1.29, 1.82) is 0 Å². The molecule has 1 amide bonds. The van der Waals surface area contributed by atoms with E-state index in [0.717, 1.165) is 38.6 Å². The maximum absolute atomic E-state index is 12.2. The molecule has 3 unspecified atom stereocenters. The molecule has 3 nitrogen and oxygen atoms in total. The van der Waals surface area contributed by atoms with Crippen molar-refractivity contribution in [2.75, 3.05) is 6.54 Å². The van der Waals surface area contributed by atoms with Gasteiger partial charge < -0.3 is 10.0 Å². The second-order valence-electron chi connectivity index (χ2n) is 6.06. The molecule has 98 valence electrons. The van der Waals surface area contributed by atoms with Crippen molar-refractivity contribution in [2.45, 2.75) is 64.5 Å². The van der Waals surface area contributed by atoms with Gasteiger partial charge in [-0.1, -0.05) is 20.3 Å². The van der Waals surface area contributed by atoms with E-state index in [2.05, 4.69) is 18.7 Å². The van der Waals surface area contributed by atoms with E-state index >= 15 is 0 Å². The van der Waals surface area contributed by atoms with Crippen LogP contribution in [-0.2, 0) is 4.79 Å². The molecule has 0 spiro atoms. The van der Waals surface area contributed by atoms with E-state index in [0.29, 0.717) is 30.2 Å². The molecule has 17 heavy (non-hydrogen) atoms. The van der Waals surface area contributed by atoms with Crippen molar-refractivity contribution in [3.8, 4) is 0 Å². The Balaban J connectivity index is 1.99. The van der Waals surface area contributed by atoms with E-state index in [1.54, 1.807) is 0 Å². The molecule has 1 aliphatic carbocycles. The van der Waals surface area contributed by atoms with Crippen LogP contribution in [0.2, 0.25) is 0 Å². The van der Waals surface area contributed by atoms with Gasteiger partial charge in [0.1, 0.15) is 0 Å². The lowest BCUT2D eigenvalue weighted by Crippen LogP contribution is -2.42. The van der Waals surface area contributed by atoms with Gasteiger partial charge in [-0.15, -0.1) is 0 Å². The minimum absolute atomic E-state index is 0.174. The van der Waals surface area contributed by atoms with Crippen LogP contribution in [0.5, 0.6) is 0 Å². The van der Waals surface area contributed by atoms with Crippen LogP contribution in [0.15, 0.2) is 0 Å². The van der Waals surface area contributed by atoms with Crippen LogP contribution in [0, 0.1) is 11.8 Å². The fourth-order valence-corrected chi connectivity index (χ4v) is 3.43. The minimum atomic E-state index is -0.174. The maximum atomic E-state index is 12.2. The lowest BCUT2D eigenvalue weighted by molar-refractivity contribution is -0.134. The molecule has 1 saturated heterocycles. The summed E-state index contributed by atoms with van der Waals surface area (Å²) in [5.74, 6) is 1.06. The molecular weight excluding hydrogens is 214 g/mol. The minimum Gasteiger partial charge on any atom is -0.393 e. The van der Waals surface area contributed by atoms with Gasteiger partial charge >= 0.3 is 0 Å². The first kappa shape index (κ1) is 12.9. The fraction of sp³-hybridized carbons (Fsp3) is 0.929. The van der Waals surface area contributed by atoms with E-state index in [1.807, 2.05) is 0 Å². The summed E-state index contributed by atoms with van der Waals surface area (Å²) in [7, 11) is 0. The Morgan fingerprint density at radius 2 is 2.06 bits per heavy atom. The standard InChI is InChI=1S/C14H25NO2/c1-10(2)9-14(17)15-8-4-6-12(15)11-5-3-7-13(11)16/h10-13,16H,3-9H2,1-2H3. The zero-order valence-corrected chi connectivity index (χ0v) is 11.1. The number of aliphatic hydroxyl groups is 1. The average molecular weight is 239 g/mol. The highest BCUT2D eigenvalue weighted by Crippen LogP contribution is 2.36. The summed E-state index contributed by atoms with van der Waals surface area (Å²) in [5.41, 5.74) is 0. The third kappa shape index (κ3) is 2.82. The quantitative estimate of drug-likeness (QED) is 0.820. The SMILES string of the molecule is CC(C)CC(=O)N1CCCC1C1CCCC1O.